The number of nitrogens with zero attached hydrogens (tertiary/aromatic N) is 1. The van der Waals surface area contributed by atoms with E-state index in [0.717, 1.165) is 6.54 Å². The van der Waals surface area contributed by atoms with Gasteiger partial charge in [0.2, 0.25) is 0 Å². The van der Waals surface area contributed by atoms with Crippen molar-refractivity contribution in [1.82, 2.24) is 10.2 Å². The molecule has 108 valence electrons. The smallest absolute Gasteiger partial charge is 0.324 e. The molecule has 0 amide bonds. The van der Waals surface area contributed by atoms with E-state index in [1.165, 1.54) is 0 Å². The molecule has 0 aromatic heterocycles. The number of aliphatic carboxylic acids is 1. The Morgan fingerprint density at radius 2 is 1.72 bits per heavy atom. The minimum atomic E-state index is -0.896. The van der Waals surface area contributed by atoms with Crippen LogP contribution in [0.15, 0.2) is 0 Å². The lowest BCUT2D eigenvalue weighted by Crippen LogP contribution is -2.60. The molecule has 18 heavy (non-hydrogen) atoms. The first-order chi connectivity index (χ1) is 8.08. The third kappa shape index (κ3) is 5.83. The lowest BCUT2D eigenvalue weighted by atomic mass is 9.99. The van der Waals surface area contributed by atoms with Crippen molar-refractivity contribution >= 4 is 5.97 Å². The second-order valence-electron chi connectivity index (χ2n) is 6.35. The quantitative estimate of drug-likeness (QED) is 0.701. The maximum Gasteiger partial charge on any atom is 0.324 e. The summed E-state index contributed by atoms with van der Waals surface area (Å²) in [6.07, 6.45) is 0. The number of nitrogens with one attached hydrogen (secondary N) is 1. The second-order valence-corrected chi connectivity index (χ2v) is 6.35. The molecule has 0 heterocycles. The van der Waals surface area contributed by atoms with E-state index in [-0.39, 0.29) is 6.04 Å². The Balaban J connectivity index is 4.86. The fourth-order valence-corrected chi connectivity index (χ4v) is 2.15. The van der Waals surface area contributed by atoms with Crippen molar-refractivity contribution in [2.24, 2.45) is 5.92 Å². The monoisotopic (exact) mass is 258 g/mol. The number of rotatable bonds is 8. The summed E-state index contributed by atoms with van der Waals surface area (Å²) >= 11 is 0. The van der Waals surface area contributed by atoms with Gasteiger partial charge in [-0.25, -0.2) is 0 Å². The lowest BCUT2D eigenvalue weighted by molar-refractivity contribution is -0.145. The van der Waals surface area contributed by atoms with Gasteiger partial charge in [0.05, 0.1) is 0 Å². The number of carbonyl (C=O) groups is 1. The molecule has 0 radical (unpaired) electrons. The molecule has 1 unspecified atom stereocenters. The zero-order chi connectivity index (χ0) is 14.5. The largest absolute Gasteiger partial charge is 0.480 e. The standard InChI is InChI=1S/C14H30N2O2/c1-10(2)8-16(12(5)6)9-14(7,13(17)18)15-11(3)4/h10-12,15H,8-9H2,1-7H3,(H,17,18). The summed E-state index contributed by atoms with van der Waals surface area (Å²) in [5.74, 6) is -0.255. The Kier molecular flexibility index (Phi) is 6.86. The molecule has 0 rings (SSSR count). The maximum absolute atomic E-state index is 11.5. The molecule has 4 nitrogen and oxygen atoms in total. The highest BCUT2D eigenvalue weighted by Crippen LogP contribution is 2.13. The predicted molar refractivity (Wildman–Crippen MR) is 75.9 cm³/mol. The molecule has 0 saturated heterocycles. The van der Waals surface area contributed by atoms with E-state index in [0.29, 0.717) is 18.5 Å². The van der Waals surface area contributed by atoms with Crippen molar-refractivity contribution in [2.45, 2.75) is 66.1 Å². The molecule has 0 aromatic rings. The van der Waals surface area contributed by atoms with Crippen LogP contribution in [0, 0.1) is 5.92 Å². The molecule has 0 aliphatic heterocycles. The van der Waals surface area contributed by atoms with Gasteiger partial charge in [-0.3, -0.25) is 15.0 Å². The van der Waals surface area contributed by atoms with Gasteiger partial charge in [0.25, 0.3) is 0 Å². The summed E-state index contributed by atoms with van der Waals surface area (Å²) in [5.41, 5.74) is -0.896. The molecule has 1 atom stereocenters. The minimum absolute atomic E-state index is 0.152. The van der Waals surface area contributed by atoms with E-state index >= 15 is 0 Å². The Labute approximate surface area is 112 Å². The van der Waals surface area contributed by atoms with Gasteiger partial charge in [0.15, 0.2) is 0 Å². The van der Waals surface area contributed by atoms with Crippen molar-refractivity contribution in [3.63, 3.8) is 0 Å². The molecule has 0 saturated carbocycles. The summed E-state index contributed by atoms with van der Waals surface area (Å²) in [5, 5.41) is 12.6. The van der Waals surface area contributed by atoms with E-state index in [1.54, 1.807) is 6.92 Å². The Morgan fingerprint density at radius 1 is 1.22 bits per heavy atom. The average Bonchev–Trinajstić information content (AvgIpc) is 2.13. The zero-order valence-electron chi connectivity index (χ0n) is 12.9. The van der Waals surface area contributed by atoms with Crippen molar-refractivity contribution in [1.29, 1.82) is 0 Å². The SMILES string of the molecule is CC(C)CN(CC(C)(NC(C)C)C(=O)O)C(C)C. The van der Waals surface area contributed by atoms with Crippen LogP contribution >= 0.6 is 0 Å². The van der Waals surface area contributed by atoms with Gasteiger partial charge >= 0.3 is 5.97 Å². The first kappa shape index (κ1) is 17.4. The topological polar surface area (TPSA) is 52.6 Å². The number of carboxylic acids is 1. The van der Waals surface area contributed by atoms with Crippen molar-refractivity contribution in [2.75, 3.05) is 13.1 Å². The molecule has 0 aliphatic rings. The molecule has 0 bridgehead atoms. The Hall–Kier alpha value is -0.610. The van der Waals surface area contributed by atoms with Crippen molar-refractivity contribution in [3.05, 3.63) is 0 Å². The number of hydrogen-bond donors (Lipinski definition) is 2. The molecule has 0 aromatic carbocycles. The fraction of sp³-hybridized carbons (Fsp3) is 0.929. The number of carboxylic acid groups (broad SMARTS) is 1. The molecule has 2 N–H and O–H groups in total. The molecule has 0 fully saturated rings. The third-order valence-electron chi connectivity index (χ3n) is 2.93. The van der Waals surface area contributed by atoms with Gasteiger partial charge in [0, 0.05) is 25.2 Å². The predicted octanol–water partition coefficient (Wildman–Crippen LogP) is 2.19. The van der Waals surface area contributed by atoms with E-state index in [4.69, 9.17) is 0 Å². The van der Waals surface area contributed by atoms with E-state index < -0.39 is 11.5 Å². The summed E-state index contributed by atoms with van der Waals surface area (Å²) in [7, 11) is 0. The van der Waals surface area contributed by atoms with Gasteiger partial charge in [-0.2, -0.15) is 0 Å². The van der Waals surface area contributed by atoms with Gasteiger partial charge in [-0.15, -0.1) is 0 Å². The normalized spacial score (nSPS) is 15.7. The van der Waals surface area contributed by atoms with E-state index in [9.17, 15) is 9.90 Å². The highest BCUT2D eigenvalue weighted by atomic mass is 16.4. The first-order valence-electron chi connectivity index (χ1n) is 6.83. The summed E-state index contributed by atoms with van der Waals surface area (Å²) in [6, 6.07) is 0.499. The minimum Gasteiger partial charge on any atom is -0.480 e. The van der Waals surface area contributed by atoms with Crippen LogP contribution in [0.4, 0.5) is 0 Å². The van der Waals surface area contributed by atoms with Crippen LogP contribution in [0.2, 0.25) is 0 Å². The van der Waals surface area contributed by atoms with Crippen LogP contribution in [-0.4, -0.2) is 46.7 Å². The maximum atomic E-state index is 11.5. The van der Waals surface area contributed by atoms with Crippen molar-refractivity contribution < 1.29 is 9.90 Å². The van der Waals surface area contributed by atoms with Crippen LogP contribution in [0.3, 0.4) is 0 Å². The van der Waals surface area contributed by atoms with Gasteiger partial charge in [-0.05, 0) is 40.5 Å². The van der Waals surface area contributed by atoms with Crippen LogP contribution in [0.25, 0.3) is 0 Å². The first-order valence-corrected chi connectivity index (χ1v) is 6.83. The van der Waals surface area contributed by atoms with E-state index in [2.05, 4.69) is 37.9 Å². The lowest BCUT2D eigenvalue weighted by Gasteiger charge is -2.37. The zero-order valence-corrected chi connectivity index (χ0v) is 12.9. The highest BCUT2D eigenvalue weighted by Gasteiger charge is 2.36. The average molecular weight is 258 g/mol. The van der Waals surface area contributed by atoms with Gasteiger partial charge in [0.1, 0.15) is 5.54 Å². The summed E-state index contributed by atoms with van der Waals surface area (Å²) in [4.78, 5) is 13.7. The Bertz CT molecular complexity index is 265. The Morgan fingerprint density at radius 3 is 2.00 bits per heavy atom. The summed E-state index contributed by atoms with van der Waals surface area (Å²) < 4.78 is 0. The van der Waals surface area contributed by atoms with Crippen LogP contribution < -0.4 is 5.32 Å². The summed E-state index contributed by atoms with van der Waals surface area (Å²) in [6.45, 7) is 15.7. The van der Waals surface area contributed by atoms with Crippen LogP contribution in [0.1, 0.15) is 48.5 Å². The third-order valence-corrected chi connectivity index (χ3v) is 2.93. The second kappa shape index (κ2) is 7.10. The number of hydrogen-bond acceptors (Lipinski definition) is 3. The molecule has 0 spiro atoms. The fourth-order valence-electron chi connectivity index (χ4n) is 2.15. The van der Waals surface area contributed by atoms with Gasteiger partial charge in [-0.1, -0.05) is 13.8 Å². The molecular formula is C14H30N2O2. The van der Waals surface area contributed by atoms with E-state index in [1.807, 2.05) is 13.8 Å². The molecule has 0 aliphatic carbocycles. The highest BCUT2D eigenvalue weighted by molar-refractivity contribution is 5.78. The van der Waals surface area contributed by atoms with Crippen LogP contribution in [0.5, 0.6) is 0 Å². The van der Waals surface area contributed by atoms with Crippen LogP contribution in [-0.2, 0) is 4.79 Å². The molecular weight excluding hydrogens is 228 g/mol. The van der Waals surface area contributed by atoms with Gasteiger partial charge < -0.3 is 5.11 Å². The van der Waals surface area contributed by atoms with Crippen molar-refractivity contribution in [3.8, 4) is 0 Å². The molecule has 4 heteroatoms.